The van der Waals surface area contributed by atoms with Gasteiger partial charge in [-0.25, -0.2) is 8.78 Å². The highest BCUT2D eigenvalue weighted by Gasteiger charge is 2.36. The monoisotopic (exact) mass is 296 g/mol. The molecule has 0 bridgehead atoms. The first kappa shape index (κ1) is 14.3. The van der Waals surface area contributed by atoms with Crippen LogP contribution in [0.3, 0.4) is 0 Å². The minimum absolute atomic E-state index is 0.339. The predicted molar refractivity (Wildman–Crippen MR) is 80.4 cm³/mol. The maximum absolute atomic E-state index is 14.4. The minimum Gasteiger partial charge on any atom is -0.260 e. The topological polar surface area (TPSA) is 25.8 Å². The maximum Gasteiger partial charge on any atom is 0.130 e. The standard InChI is InChI=1S/C18H14F2N2/c1-18(16-6-2-4-10-21-16,17-7-3-5-11-22-17)14-9-8-13(19)12-15(14)20/h2-12H,1H3. The van der Waals surface area contributed by atoms with Gasteiger partial charge in [-0.3, -0.25) is 9.97 Å². The Balaban J connectivity index is 2.28. The number of halogens is 2. The Morgan fingerprint density at radius 1 is 0.818 bits per heavy atom. The average Bonchev–Trinajstić information content (AvgIpc) is 2.56. The number of nitrogens with zero attached hydrogens (tertiary/aromatic N) is 2. The van der Waals surface area contributed by atoms with Crippen LogP contribution in [-0.4, -0.2) is 9.97 Å². The smallest absolute Gasteiger partial charge is 0.130 e. The predicted octanol–water partition coefficient (Wildman–Crippen LogP) is 4.11. The van der Waals surface area contributed by atoms with Crippen LogP contribution in [0.25, 0.3) is 0 Å². The largest absolute Gasteiger partial charge is 0.260 e. The summed E-state index contributed by atoms with van der Waals surface area (Å²) in [4.78, 5) is 8.73. The number of aromatic nitrogens is 2. The van der Waals surface area contributed by atoms with Gasteiger partial charge in [0.25, 0.3) is 0 Å². The fourth-order valence-electron chi connectivity index (χ4n) is 2.62. The lowest BCUT2D eigenvalue weighted by Crippen LogP contribution is -2.29. The van der Waals surface area contributed by atoms with Crippen molar-refractivity contribution in [3.63, 3.8) is 0 Å². The highest BCUT2D eigenvalue weighted by Crippen LogP contribution is 2.37. The Morgan fingerprint density at radius 3 is 1.86 bits per heavy atom. The Bertz CT molecular complexity index is 734. The first-order valence-electron chi connectivity index (χ1n) is 6.91. The molecule has 0 saturated heterocycles. The van der Waals surface area contributed by atoms with Gasteiger partial charge in [0.1, 0.15) is 11.6 Å². The number of hydrogen-bond acceptors (Lipinski definition) is 2. The van der Waals surface area contributed by atoms with E-state index in [1.165, 1.54) is 12.1 Å². The number of rotatable bonds is 3. The first-order chi connectivity index (χ1) is 10.6. The van der Waals surface area contributed by atoms with Crippen LogP contribution in [0.1, 0.15) is 23.9 Å². The second-order valence-electron chi connectivity index (χ2n) is 5.18. The summed E-state index contributed by atoms with van der Waals surface area (Å²) in [6.45, 7) is 1.84. The molecule has 0 radical (unpaired) electrons. The van der Waals surface area contributed by atoms with Crippen molar-refractivity contribution in [1.29, 1.82) is 0 Å². The molecule has 0 atom stereocenters. The summed E-state index contributed by atoms with van der Waals surface area (Å²) in [5.41, 5.74) is 0.741. The molecule has 1 aromatic carbocycles. The lowest BCUT2D eigenvalue weighted by atomic mass is 9.75. The molecule has 3 rings (SSSR count). The van der Waals surface area contributed by atoms with E-state index in [4.69, 9.17) is 0 Å². The second kappa shape index (κ2) is 5.64. The Labute approximate surface area is 127 Å². The van der Waals surface area contributed by atoms with Crippen LogP contribution in [0.2, 0.25) is 0 Å². The summed E-state index contributed by atoms with van der Waals surface area (Å²) in [5, 5.41) is 0. The van der Waals surface area contributed by atoms with E-state index in [1.54, 1.807) is 24.5 Å². The van der Waals surface area contributed by atoms with Gasteiger partial charge >= 0.3 is 0 Å². The fraction of sp³-hybridized carbons (Fsp3) is 0.111. The van der Waals surface area contributed by atoms with Gasteiger partial charge in [-0.2, -0.15) is 0 Å². The van der Waals surface area contributed by atoms with Gasteiger partial charge in [-0.15, -0.1) is 0 Å². The van der Waals surface area contributed by atoms with Crippen LogP contribution in [0, 0.1) is 11.6 Å². The summed E-state index contributed by atoms with van der Waals surface area (Å²) in [6, 6.07) is 14.5. The van der Waals surface area contributed by atoms with Gasteiger partial charge in [0.15, 0.2) is 0 Å². The van der Waals surface area contributed by atoms with E-state index in [1.807, 2.05) is 31.2 Å². The molecule has 0 unspecified atom stereocenters. The van der Waals surface area contributed by atoms with E-state index in [0.717, 1.165) is 6.07 Å². The molecular formula is C18H14F2N2. The van der Waals surface area contributed by atoms with E-state index in [0.29, 0.717) is 17.0 Å². The molecule has 2 heterocycles. The highest BCUT2D eigenvalue weighted by molar-refractivity contribution is 5.44. The molecule has 22 heavy (non-hydrogen) atoms. The Hall–Kier alpha value is -2.62. The van der Waals surface area contributed by atoms with E-state index in [9.17, 15) is 8.78 Å². The molecule has 0 N–H and O–H groups in total. The van der Waals surface area contributed by atoms with Crippen molar-refractivity contribution in [1.82, 2.24) is 9.97 Å². The fourth-order valence-corrected chi connectivity index (χ4v) is 2.62. The zero-order chi connectivity index (χ0) is 15.6. The summed E-state index contributed by atoms with van der Waals surface area (Å²) in [7, 11) is 0. The van der Waals surface area contributed by atoms with Crippen LogP contribution in [0.4, 0.5) is 8.78 Å². The number of hydrogen-bond donors (Lipinski definition) is 0. The van der Waals surface area contributed by atoms with Crippen LogP contribution in [-0.2, 0) is 5.41 Å². The van der Waals surface area contributed by atoms with Crippen molar-refractivity contribution in [3.8, 4) is 0 Å². The molecule has 2 nitrogen and oxygen atoms in total. The third-order valence-electron chi connectivity index (χ3n) is 3.82. The van der Waals surface area contributed by atoms with Crippen molar-refractivity contribution in [2.75, 3.05) is 0 Å². The van der Waals surface area contributed by atoms with Gasteiger partial charge in [0, 0.05) is 24.0 Å². The molecule has 0 fully saturated rings. The van der Waals surface area contributed by atoms with Gasteiger partial charge in [0.2, 0.25) is 0 Å². The van der Waals surface area contributed by atoms with Crippen molar-refractivity contribution in [3.05, 3.63) is 95.6 Å². The summed E-state index contributed by atoms with van der Waals surface area (Å²) in [6.07, 6.45) is 3.30. The number of pyridine rings is 2. The second-order valence-corrected chi connectivity index (χ2v) is 5.18. The van der Waals surface area contributed by atoms with E-state index >= 15 is 0 Å². The quantitative estimate of drug-likeness (QED) is 0.727. The van der Waals surface area contributed by atoms with E-state index in [2.05, 4.69) is 9.97 Å². The van der Waals surface area contributed by atoms with Gasteiger partial charge < -0.3 is 0 Å². The van der Waals surface area contributed by atoms with E-state index in [-0.39, 0.29) is 0 Å². The van der Waals surface area contributed by atoms with Crippen molar-refractivity contribution in [2.45, 2.75) is 12.3 Å². The van der Waals surface area contributed by atoms with Crippen LogP contribution >= 0.6 is 0 Å². The van der Waals surface area contributed by atoms with Crippen LogP contribution in [0.5, 0.6) is 0 Å². The molecule has 3 aromatic rings. The van der Waals surface area contributed by atoms with E-state index < -0.39 is 17.0 Å². The number of benzene rings is 1. The molecule has 0 amide bonds. The minimum atomic E-state index is -0.902. The molecule has 0 spiro atoms. The van der Waals surface area contributed by atoms with Gasteiger partial charge in [0.05, 0.1) is 16.8 Å². The lowest BCUT2D eigenvalue weighted by Gasteiger charge is -2.29. The van der Waals surface area contributed by atoms with Crippen LogP contribution < -0.4 is 0 Å². The van der Waals surface area contributed by atoms with Crippen molar-refractivity contribution >= 4 is 0 Å². The zero-order valence-electron chi connectivity index (χ0n) is 12.0. The third kappa shape index (κ3) is 2.37. The molecule has 0 saturated carbocycles. The summed E-state index contributed by atoms with van der Waals surface area (Å²) in [5.74, 6) is -1.22. The maximum atomic E-state index is 14.4. The summed E-state index contributed by atoms with van der Waals surface area (Å²) >= 11 is 0. The van der Waals surface area contributed by atoms with Crippen LogP contribution in [0.15, 0.2) is 67.0 Å². The molecule has 4 heteroatoms. The Morgan fingerprint density at radius 2 is 1.41 bits per heavy atom. The molecule has 2 aromatic heterocycles. The SMILES string of the molecule is CC(c1ccccn1)(c1ccccn1)c1ccc(F)cc1F. The molecule has 0 aliphatic heterocycles. The first-order valence-corrected chi connectivity index (χ1v) is 6.91. The average molecular weight is 296 g/mol. The van der Waals surface area contributed by atoms with Gasteiger partial charge in [-0.1, -0.05) is 18.2 Å². The van der Waals surface area contributed by atoms with Crippen molar-refractivity contribution in [2.24, 2.45) is 0 Å². The highest BCUT2D eigenvalue weighted by atomic mass is 19.1. The third-order valence-corrected chi connectivity index (χ3v) is 3.82. The van der Waals surface area contributed by atoms with Gasteiger partial charge in [-0.05, 0) is 37.3 Å². The van der Waals surface area contributed by atoms with Crippen molar-refractivity contribution < 1.29 is 8.78 Å². The Kier molecular flexibility index (Phi) is 3.67. The summed E-state index contributed by atoms with van der Waals surface area (Å²) < 4.78 is 27.7. The molecule has 0 aliphatic carbocycles. The molecule has 110 valence electrons. The molecule has 0 aliphatic rings. The lowest BCUT2D eigenvalue weighted by molar-refractivity contribution is 0.534. The normalized spacial score (nSPS) is 11.4. The molecular weight excluding hydrogens is 282 g/mol. The zero-order valence-corrected chi connectivity index (χ0v) is 12.0.